The molecular weight excluding hydrogens is 366 g/mol. The van der Waals surface area contributed by atoms with Crippen molar-refractivity contribution in [2.45, 2.75) is 32.6 Å². The standard InChI is InChI=1S/C22H23N5O2/c1-15-5-3-7-18(9-15)29-21-13-23-11-19(26-21)17-6-4-8-27(14-17)22(28)20-12-24-16(2)10-25-20/h3,5,7,9-13,17H,4,6,8,14H2,1-2H3/t17-/m0/s1. The molecule has 0 saturated carbocycles. The van der Waals surface area contributed by atoms with Gasteiger partial charge >= 0.3 is 0 Å². The second-order valence-electron chi connectivity index (χ2n) is 7.33. The van der Waals surface area contributed by atoms with E-state index in [-0.39, 0.29) is 11.8 Å². The van der Waals surface area contributed by atoms with E-state index in [4.69, 9.17) is 4.74 Å². The van der Waals surface area contributed by atoms with E-state index in [1.807, 2.05) is 43.0 Å². The van der Waals surface area contributed by atoms with E-state index in [9.17, 15) is 4.79 Å². The Morgan fingerprint density at radius 2 is 2.03 bits per heavy atom. The molecule has 0 unspecified atom stereocenters. The van der Waals surface area contributed by atoms with Crippen molar-refractivity contribution in [2.75, 3.05) is 13.1 Å². The van der Waals surface area contributed by atoms with Gasteiger partial charge < -0.3 is 9.64 Å². The van der Waals surface area contributed by atoms with Crippen molar-refractivity contribution in [3.63, 3.8) is 0 Å². The highest BCUT2D eigenvalue weighted by Gasteiger charge is 2.27. The van der Waals surface area contributed by atoms with Crippen LogP contribution in [0.4, 0.5) is 0 Å². The molecule has 0 bridgehead atoms. The molecule has 148 valence electrons. The van der Waals surface area contributed by atoms with Gasteiger partial charge in [-0.15, -0.1) is 0 Å². The number of aryl methyl sites for hydroxylation is 2. The number of likely N-dealkylation sites (tertiary alicyclic amines) is 1. The summed E-state index contributed by atoms with van der Waals surface area (Å²) in [6.07, 6.45) is 8.38. The van der Waals surface area contributed by atoms with Gasteiger partial charge in [0.05, 0.1) is 23.8 Å². The lowest BCUT2D eigenvalue weighted by molar-refractivity contribution is 0.0699. The van der Waals surface area contributed by atoms with Gasteiger partial charge in [-0.1, -0.05) is 12.1 Å². The summed E-state index contributed by atoms with van der Waals surface area (Å²) < 4.78 is 5.87. The van der Waals surface area contributed by atoms with Crippen LogP contribution in [0.2, 0.25) is 0 Å². The molecule has 1 atom stereocenters. The summed E-state index contributed by atoms with van der Waals surface area (Å²) in [7, 11) is 0. The van der Waals surface area contributed by atoms with Crippen LogP contribution in [0.25, 0.3) is 0 Å². The van der Waals surface area contributed by atoms with Crippen molar-refractivity contribution in [1.82, 2.24) is 24.8 Å². The average Bonchev–Trinajstić information content (AvgIpc) is 2.74. The molecule has 1 aliphatic rings. The molecule has 3 aromatic rings. The normalized spacial score (nSPS) is 16.5. The highest BCUT2D eigenvalue weighted by atomic mass is 16.5. The van der Waals surface area contributed by atoms with Gasteiger partial charge in [0, 0.05) is 31.4 Å². The summed E-state index contributed by atoms with van der Waals surface area (Å²) in [6.45, 7) is 5.15. The maximum atomic E-state index is 12.8. The largest absolute Gasteiger partial charge is 0.437 e. The predicted octanol–water partition coefficient (Wildman–Crippen LogP) is 3.70. The summed E-state index contributed by atoms with van der Waals surface area (Å²) in [5, 5.41) is 0. The zero-order valence-electron chi connectivity index (χ0n) is 16.6. The van der Waals surface area contributed by atoms with Crippen LogP contribution in [0.1, 0.15) is 46.2 Å². The number of ether oxygens (including phenoxy) is 1. The first-order chi connectivity index (χ1) is 14.1. The van der Waals surface area contributed by atoms with Gasteiger partial charge in [0.1, 0.15) is 11.4 Å². The Kier molecular flexibility index (Phi) is 5.46. The van der Waals surface area contributed by atoms with Crippen LogP contribution in [0.5, 0.6) is 11.6 Å². The molecule has 2 aromatic heterocycles. The molecule has 0 radical (unpaired) electrons. The van der Waals surface area contributed by atoms with Gasteiger partial charge in [-0.25, -0.2) is 9.97 Å². The fraction of sp³-hybridized carbons (Fsp3) is 0.318. The molecule has 4 rings (SSSR count). The highest BCUT2D eigenvalue weighted by Crippen LogP contribution is 2.28. The minimum Gasteiger partial charge on any atom is -0.437 e. The minimum atomic E-state index is -0.0951. The molecule has 0 aliphatic carbocycles. The van der Waals surface area contributed by atoms with Gasteiger partial charge in [0.15, 0.2) is 0 Å². The number of carbonyl (C=O) groups is 1. The Labute approximate surface area is 169 Å². The number of hydrogen-bond acceptors (Lipinski definition) is 6. The van der Waals surface area contributed by atoms with Crippen LogP contribution in [-0.2, 0) is 0 Å². The van der Waals surface area contributed by atoms with Crippen molar-refractivity contribution < 1.29 is 9.53 Å². The van der Waals surface area contributed by atoms with Gasteiger partial charge in [0.2, 0.25) is 5.88 Å². The summed E-state index contributed by atoms with van der Waals surface area (Å²) >= 11 is 0. The van der Waals surface area contributed by atoms with Crippen LogP contribution < -0.4 is 4.74 Å². The van der Waals surface area contributed by atoms with Crippen molar-refractivity contribution in [3.8, 4) is 11.6 Å². The molecule has 0 spiro atoms. The number of rotatable bonds is 4. The Hall–Kier alpha value is -3.35. The van der Waals surface area contributed by atoms with Gasteiger partial charge in [-0.3, -0.25) is 14.8 Å². The fourth-order valence-corrected chi connectivity index (χ4v) is 3.48. The monoisotopic (exact) mass is 389 g/mol. The lowest BCUT2D eigenvalue weighted by Gasteiger charge is -2.32. The first-order valence-corrected chi connectivity index (χ1v) is 9.73. The number of aromatic nitrogens is 4. The van der Waals surface area contributed by atoms with Crippen molar-refractivity contribution in [1.29, 1.82) is 0 Å². The van der Waals surface area contributed by atoms with E-state index in [1.54, 1.807) is 18.6 Å². The topological polar surface area (TPSA) is 81.1 Å². The predicted molar refractivity (Wildman–Crippen MR) is 108 cm³/mol. The smallest absolute Gasteiger partial charge is 0.274 e. The number of benzene rings is 1. The second kappa shape index (κ2) is 8.34. The van der Waals surface area contributed by atoms with Gasteiger partial charge in [0.25, 0.3) is 5.91 Å². The molecule has 1 aromatic carbocycles. The molecule has 1 saturated heterocycles. The second-order valence-corrected chi connectivity index (χ2v) is 7.33. The summed E-state index contributed by atoms with van der Waals surface area (Å²) in [6, 6.07) is 7.81. The fourth-order valence-electron chi connectivity index (χ4n) is 3.48. The van der Waals surface area contributed by atoms with Crippen LogP contribution in [-0.4, -0.2) is 43.8 Å². The Morgan fingerprint density at radius 1 is 1.14 bits per heavy atom. The summed E-state index contributed by atoms with van der Waals surface area (Å²) in [4.78, 5) is 32.0. The lowest BCUT2D eigenvalue weighted by atomic mass is 9.95. The maximum Gasteiger partial charge on any atom is 0.274 e. The number of piperidine rings is 1. The average molecular weight is 389 g/mol. The van der Waals surface area contributed by atoms with E-state index >= 15 is 0 Å². The zero-order valence-corrected chi connectivity index (χ0v) is 16.6. The summed E-state index contributed by atoms with van der Waals surface area (Å²) in [5.41, 5.74) is 3.12. The number of hydrogen-bond donors (Lipinski definition) is 0. The van der Waals surface area contributed by atoms with Crippen molar-refractivity contribution >= 4 is 5.91 Å². The molecule has 1 amide bonds. The molecule has 1 fully saturated rings. The molecule has 3 heterocycles. The lowest BCUT2D eigenvalue weighted by Crippen LogP contribution is -2.39. The van der Waals surface area contributed by atoms with Crippen molar-refractivity contribution in [2.24, 2.45) is 0 Å². The number of nitrogens with zero attached hydrogens (tertiary/aromatic N) is 5. The van der Waals surface area contributed by atoms with Crippen LogP contribution in [0.3, 0.4) is 0 Å². The van der Waals surface area contributed by atoms with E-state index in [1.165, 1.54) is 6.20 Å². The SMILES string of the molecule is Cc1cccc(Oc2cncc([C@H]3CCCN(C(=O)c4cnc(C)cn4)C3)n2)c1. The van der Waals surface area contributed by atoms with E-state index in [2.05, 4.69) is 19.9 Å². The Balaban J connectivity index is 1.48. The molecule has 7 heteroatoms. The van der Waals surface area contributed by atoms with Gasteiger partial charge in [-0.05, 0) is 44.4 Å². The Bertz CT molecular complexity index is 1010. The molecule has 29 heavy (non-hydrogen) atoms. The third-order valence-electron chi connectivity index (χ3n) is 4.97. The highest BCUT2D eigenvalue weighted by molar-refractivity contribution is 5.92. The van der Waals surface area contributed by atoms with Crippen LogP contribution in [0, 0.1) is 13.8 Å². The third-order valence-corrected chi connectivity index (χ3v) is 4.97. The third kappa shape index (κ3) is 4.56. The minimum absolute atomic E-state index is 0.0951. The van der Waals surface area contributed by atoms with E-state index in [0.29, 0.717) is 24.7 Å². The molecular formula is C22H23N5O2. The zero-order chi connectivity index (χ0) is 20.2. The number of carbonyl (C=O) groups excluding carboxylic acids is 1. The molecule has 1 aliphatic heterocycles. The van der Waals surface area contributed by atoms with Crippen LogP contribution in [0.15, 0.2) is 49.1 Å². The van der Waals surface area contributed by atoms with Gasteiger partial charge in [-0.2, -0.15) is 0 Å². The van der Waals surface area contributed by atoms with Crippen LogP contribution >= 0.6 is 0 Å². The maximum absolute atomic E-state index is 12.8. The summed E-state index contributed by atoms with van der Waals surface area (Å²) in [5.74, 6) is 1.21. The molecule has 7 nitrogen and oxygen atoms in total. The van der Waals surface area contributed by atoms with Crippen molar-refractivity contribution in [3.05, 3.63) is 71.7 Å². The molecule has 0 N–H and O–H groups in total. The quantitative estimate of drug-likeness (QED) is 0.677. The van der Waals surface area contributed by atoms with E-state index in [0.717, 1.165) is 35.5 Å². The number of amides is 1. The van der Waals surface area contributed by atoms with E-state index < -0.39 is 0 Å². The first kappa shape index (κ1) is 19.0. The Morgan fingerprint density at radius 3 is 2.83 bits per heavy atom. The first-order valence-electron chi connectivity index (χ1n) is 9.73.